The zero-order chi connectivity index (χ0) is 9.26. The third kappa shape index (κ3) is 2.20. The lowest BCUT2D eigenvalue weighted by Gasteiger charge is -2.24. The number of nitrogens with one attached hydrogen (secondary N) is 1. The highest BCUT2D eigenvalue weighted by Gasteiger charge is 2.31. The van der Waals surface area contributed by atoms with Gasteiger partial charge in [-0.3, -0.25) is 4.79 Å². The van der Waals surface area contributed by atoms with Crippen LogP contribution < -0.4 is 5.32 Å². The summed E-state index contributed by atoms with van der Waals surface area (Å²) in [5.41, 5.74) is 0. The standard InChI is InChI=1S/C10H18N2O.ClH/c1-8-3-2-6-12(8)10(13)9-4-5-11-7-9;/h8-9,11H,2-7H2,1H3;1H. The van der Waals surface area contributed by atoms with Crippen LogP contribution in [0, 0.1) is 5.92 Å². The Bertz CT molecular complexity index is 204. The van der Waals surface area contributed by atoms with Gasteiger partial charge in [0.15, 0.2) is 0 Å². The molecule has 2 atom stereocenters. The summed E-state index contributed by atoms with van der Waals surface area (Å²) in [5.74, 6) is 0.649. The molecule has 2 saturated heterocycles. The number of carbonyl (C=O) groups is 1. The first kappa shape index (κ1) is 11.8. The van der Waals surface area contributed by atoms with Gasteiger partial charge in [-0.05, 0) is 32.7 Å². The largest absolute Gasteiger partial charge is 0.340 e. The van der Waals surface area contributed by atoms with Crippen molar-refractivity contribution in [1.82, 2.24) is 10.2 Å². The maximum atomic E-state index is 11.9. The molecule has 0 radical (unpaired) electrons. The van der Waals surface area contributed by atoms with Gasteiger partial charge in [-0.2, -0.15) is 0 Å². The first-order valence-electron chi connectivity index (χ1n) is 5.30. The molecule has 14 heavy (non-hydrogen) atoms. The van der Waals surface area contributed by atoms with Crippen LogP contribution in [0.25, 0.3) is 0 Å². The van der Waals surface area contributed by atoms with Crippen LogP contribution in [0.2, 0.25) is 0 Å². The summed E-state index contributed by atoms with van der Waals surface area (Å²) in [5, 5.41) is 3.24. The smallest absolute Gasteiger partial charge is 0.227 e. The molecule has 4 heteroatoms. The van der Waals surface area contributed by atoms with Gasteiger partial charge in [0.2, 0.25) is 5.91 Å². The van der Waals surface area contributed by atoms with E-state index in [-0.39, 0.29) is 18.3 Å². The summed E-state index contributed by atoms with van der Waals surface area (Å²) in [7, 11) is 0. The zero-order valence-electron chi connectivity index (χ0n) is 8.66. The first-order chi connectivity index (χ1) is 6.29. The normalized spacial score (nSPS) is 31.6. The Kier molecular flexibility index (Phi) is 4.20. The van der Waals surface area contributed by atoms with E-state index in [0.717, 1.165) is 26.1 Å². The minimum atomic E-state index is 0. The van der Waals surface area contributed by atoms with E-state index in [1.54, 1.807) is 0 Å². The van der Waals surface area contributed by atoms with Crippen LogP contribution in [0.5, 0.6) is 0 Å². The Hall–Kier alpha value is -0.280. The number of likely N-dealkylation sites (tertiary alicyclic amines) is 1. The van der Waals surface area contributed by atoms with Gasteiger partial charge in [-0.15, -0.1) is 12.4 Å². The van der Waals surface area contributed by atoms with Crippen LogP contribution in [0.15, 0.2) is 0 Å². The fraction of sp³-hybridized carbons (Fsp3) is 0.900. The topological polar surface area (TPSA) is 32.3 Å². The molecule has 2 rings (SSSR count). The third-order valence-electron chi connectivity index (χ3n) is 3.25. The van der Waals surface area contributed by atoms with E-state index >= 15 is 0 Å². The van der Waals surface area contributed by atoms with E-state index in [1.807, 2.05) is 0 Å². The van der Waals surface area contributed by atoms with Crippen molar-refractivity contribution in [2.24, 2.45) is 5.92 Å². The number of rotatable bonds is 1. The van der Waals surface area contributed by atoms with Crippen molar-refractivity contribution >= 4 is 18.3 Å². The molecule has 2 aliphatic rings. The highest BCUT2D eigenvalue weighted by atomic mass is 35.5. The Balaban J connectivity index is 0.000000980. The summed E-state index contributed by atoms with van der Waals surface area (Å²) in [6, 6.07) is 0.480. The van der Waals surface area contributed by atoms with Gasteiger partial charge in [0.05, 0.1) is 5.92 Å². The fourth-order valence-corrected chi connectivity index (χ4v) is 2.36. The molecule has 2 aliphatic heterocycles. The number of nitrogens with zero attached hydrogens (tertiary/aromatic N) is 1. The molecular weight excluding hydrogens is 200 g/mol. The van der Waals surface area contributed by atoms with Gasteiger partial charge in [0.1, 0.15) is 0 Å². The van der Waals surface area contributed by atoms with Crippen molar-refractivity contribution in [2.45, 2.75) is 32.2 Å². The molecule has 0 aromatic carbocycles. The number of hydrogen-bond donors (Lipinski definition) is 1. The van der Waals surface area contributed by atoms with Crippen molar-refractivity contribution in [3.8, 4) is 0 Å². The van der Waals surface area contributed by atoms with E-state index in [9.17, 15) is 4.79 Å². The Morgan fingerprint density at radius 1 is 1.43 bits per heavy atom. The van der Waals surface area contributed by atoms with Crippen LogP contribution >= 0.6 is 12.4 Å². The predicted octanol–water partition coefficient (Wildman–Crippen LogP) is 1.03. The minimum Gasteiger partial charge on any atom is -0.340 e. The fourth-order valence-electron chi connectivity index (χ4n) is 2.36. The number of hydrogen-bond acceptors (Lipinski definition) is 2. The van der Waals surface area contributed by atoms with E-state index in [2.05, 4.69) is 17.1 Å². The van der Waals surface area contributed by atoms with Gasteiger partial charge in [-0.25, -0.2) is 0 Å². The van der Waals surface area contributed by atoms with Gasteiger partial charge in [-0.1, -0.05) is 0 Å². The molecule has 3 nitrogen and oxygen atoms in total. The predicted molar refractivity (Wildman–Crippen MR) is 58.6 cm³/mol. The van der Waals surface area contributed by atoms with E-state index in [1.165, 1.54) is 12.8 Å². The van der Waals surface area contributed by atoms with Crippen LogP contribution in [0.3, 0.4) is 0 Å². The quantitative estimate of drug-likeness (QED) is 0.713. The molecule has 1 N–H and O–H groups in total. The van der Waals surface area contributed by atoms with Crippen LogP contribution in [0.1, 0.15) is 26.2 Å². The summed E-state index contributed by atoms with van der Waals surface area (Å²) in [6.45, 7) is 5.05. The van der Waals surface area contributed by atoms with Crippen molar-refractivity contribution in [1.29, 1.82) is 0 Å². The van der Waals surface area contributed by atoms with Crippen molar-refractivity contribution < 1.29 is 4.79 Å². The average molecular weight is 219 g/mol. The minimum absolute atomic E-state index is 0. The lowest BCUT2D eigenvalue weighted by Crippen LogP contribution is -2.38. The van der Waals surface area contributed by atoms with Gasteiger partial charge < -0.3 is 10.2 Å². The van der Waals surface area contributed by atoms with Crippen molar-refractivity contribution in [3.63, 3.8) is 0 Å². The lowest BCUT2D eigenvalue weighted by molar-refractivity contribution is -0.135. The molecule has 0 saturated carbocycles. The summed E-state index contributed by atoms with van der Waals surface area (Å²) >= 11 is 0. The maximum Gasteiger partial charge on any atom is 0.227 e. The maximum absolute atomic E-state index is 11.9. The second-order valence-electron chi connectivity index (χ2n) is 4.21. The zero-order valence-corrected chi connectivity index (χ0v) is 9.48. The second kappa shape index (κ2) is 4.99. The average Bonchev–Trinajstić information content (AvgIpc) is 2.72. The van der Waals surface area contributed by atoms with E-state index in [4.69, 9.17) is 0 Å². The summed E-state index contributed by atoms with van der Waals surface area (Å²) in [4.78, 5) is 14.0. The molecule has 1 amide bonds. The molecule has 0 spiro atoms. The second-order valence-corrected chi connectivity index (χ2v) is 4.21. The van der Waals surface area contributed by atoms with Crippen LogP contribution in [-0.2, 0) is 4.79 Å². The molecule has 2 fully saturated rings. The van der Waals surface area contributed by atoms with Crippen molar-refractivity contribution in [3.05, 3.63) is 0 Å². The monoisotopic (exact) mass is 218 g/mol. The van der Waals surface area contributed by atoms with Gasteiger partial charge in [0, 0.05) is 19.1 Å². The molecule has 82 valence electrons. The molecule has 0 aromatic rings. The highest BCUT2D eigenvalue weighted by molar-refractivity contribution is 5.85. The lowest BCUT2D eigenvalue weighted by atomic mass is 10.1. The van der Waals surface area contributed by atoms with Gasteiger partial charge in [0.25, 0.3) is 0 Å². The van der Waals surface area contributed by atoms with Gasteiger partial charge >= 0.3 is 0 Å². The summed E-state index contributed by atoms with van der Waals surface area (Å²) in [6.07, 6.45) is 3.40. The first-order valence-corrected chi connectivity index (χ1v) is 5.30. The van der Waals surface area contributed by atoms with E-state index < -0.39 is 0 Å². The molecule has 0 bridgehead atoms. The molecule has 0 aliphatic carbocycles. The van der Waals surface area contributed by atoms with Crippen LogP contribution in [-0.4, -0.2) is 36.5 Å². The van der Waals surface area contributed by atoms with Crippen LogP contribution in [0.4, 0.5) is 0 Å². The molecule has 0 aromatic heterocycles. The summed E-state index contributed by atoms with van der Waals surface area (Å²) < 4.78 is 0. The number of carbonyl (C=O) groups excluding carboxylic acids is 1. The molecule has 2 heterocycles. The SMILES string of the molecule is CC1CCCN1C(=O)C1CCNC1.Cl. The van der Waals surface area contributed by atoms with E-state index in [0.29, 0.717) is 11.9 Å². The number of halogens is 1. The molecular formula is C10H19ClN2O. The Morgan fingerprint density at radius 3 is 2.71 bits per heavy atom. The van der Waals surface area contributed by atoms with Crippen molar-refractivity contribution in [2.75, 3.05) is 19.6 Å². The Labute approximate surface area is 91.6 Å². The Morgan fingerprint density at radius 2 is 2.21 bits per heavy atom. The highest BCUT2D eigenvalue weighted by Crippen LogP contribution is 2.21. The number of amides is 1. The molecule has 2 unspecified atom stereocenters. The third-order valence-corrected chi connectivity index (χ3v) is 3.25.